The van der Waals surface area contributed by atoms with Crippen molar-refractivity contribution in [3.63, 3.8) is 0 Å². The number of aliphatic carboxylic acids is 1. The lowest BCUT2D eigenvalue weighted by Gasteiger charge is -2.17. The molecule has 0 unspecified atom stereocenters. The molecule has 1 heterocycles. The molecule has 0 saturated carbocycles. The lowest BCUT2D eigenvalue weighted by molar-refractivity contribution is -0.149. The number of hydrogen-bond acceptors (Lipinski definition) is 5. The zero-order valence-electron chi connectivity index (χ0n) is 10.2. The first-order valence-electron chi connectivity index (χ1n) is 5.16. The number of carboxylic acid groups (broad SMARTS) is 1. The molecule has 0 fully saturated rings. The third kappa shape index (κ3) is 4.95. The quantitative estimate of drug-likeness (QED) is 0.770. The van der Waals surface area contributed by atoms with Crippen LogP contribution in [0.25, 0.3) is 0 Å². The second-order valence-corrected chi connectivity index (χ2v) is 6.75. The molecular weight excluding hydrogens is 338 g/mol. The second-order valence-electron chi connectivity index (χ2n) is 4.34. The number of carboxylic acids is 1. The lowest BCUT2D eigenvalue weighted by Crippen LogP contribution is -2.38. The number of rotatable bonds is 4. The van der Waals surface area contributed by atoms with Gasteiger partial charge in [0.15, 0.2) is 5.13 Å². The molecule has 9 heteroatoms. The normalized spacial score (nSPS) is 10.9. The van der Waals surface area contributed by atoms with Crippen molar-refractivity contribution in [1.29, 1.82) is 0 Å². The van der Waals surface area contributed by atoms with Gasteiger partial charge in [0.1, 0.15) is 0 Å². The summed E-state index contributed by atoms with van der Waals surface area (Å²) in [6, 6.07) is -0.743. The number of nitrogens with one attached hydrogen (secondary N) is 2. The maximum atomic E-state index is 11.5. The highest BCUT2D eigenvalue weighted by atomic mass is 79.9. The van der Waals surface area contributed by atoms with Gasteiger partial charge in [-0.1, -0.05) is 11.3 Å². The maximum absolute atomic E-state index is 11.5. The minimum atomic E-state index is -1.23. The monoisotopic (exact) mass is 349 g/mol. The van der Waals surface area contributed by atoms with E-state index in [9.17, 15) is 14.4 Å². The average Bonchev–Trinajstić information content (AvgIpc) is 2.61. The number of hydrogen-bond donors (Lipinski definition) is 3. The maximum Gasteiger partial charge on any atom is 0.327 e. The highest BCUT2D eigenvalue weighted by molar-refractivity contribution is 9.11. The summed E-state index contributed by atoms with van der Waals surface area (Å²) in [5.74, 6) is -1.77. The highest BCUT2D eigenvalue weighted by Gasteiger charge is 2.30. The Balaban J connectivity index is 2.49. The van der Waals surface area contributed by atoms with Crippen LogP contribution in [0.1, 0.15) is 20.3 Å². The molecule has 1 aromatic rings. The number of carbonyl (C=O) groups excluding carboxylic acids is 2. The number of carbonyl (C=O) groups is 3. The molecule has 1 aromatic heterocycles. The summed E-state index contributed by atoms with van der Waals surface area (Å²) in [5, 5.41) is 13.6. The minimum Gasteiger partial charge on any atom is -0.481 e. The first-order valence-corrected chi connectivity index (χ1v) is 6.77. The van der Waals surface area contributed by atoms with Crippen molar-refractivity contribution in [3.05, 3.63) is 9.98 Å². The Kier molecular flexibility index (Phi) is 5.01. The number of nitrogens with zero attached hydrogens (tertiary/aromatic N) is 1. The Labute approximate surface area is 121 Å². The summed E-state index contributed by atoms with van der Waals surface area (Å²) in [5.41, 5.74) is -1.23. The fourth-order valence-corrected chi connectivity index (χ4v) is 2.19. The van der Waals surface area contributed by atoms with Crippen LogP contribution in [0, 0.1) is 5.41 Å². The van der Waals surface area contributed by atoms with Crippen molar-refractivity contribution < 1.29 is 19.5 Å². The predicted octanol–water partition coefficient (Wildman–Crippen LogP) is 2.05. The van der Waals surface area contributed by atoms with E-state index in [0.29, 0.717) is 5.13 Å². The third-order valence-electron chi connectivity index (χ3n) is 2.13. The van der Waals surface area contributed by atoms with Crippen LogP contribution in [0.3, 0.4) is 0 Å². The number of urea groups is 1. The number of imide groups is 1. The smallest absolute Gasteiger partial charge is 0.327 e. The molecule has 3 N–H and O–H groups in total. The first kappa shape index (κ1) is 15.6. The van der Waals surface area contributed by atoms with Crippen LogP contribution in [0.5, 0.6) is 0 Å². The average molecular weight is 350 g/mol. The molecule has 0 bridgehead atoms. The Morgan fingerprint density at radius 3 is 2.58 bits per heavy atom. The Morgan fingerprint density at radius 1 is 1.47 bits per heavy atom. The fourth-order valence-electron chi connectivity index (χ4n) is 1.09. The predicted molar refractivity (Wildman–Crippen MR) is 73.0 cm³/mol. The Bertz CT molecular complexity index is 515. The summed E-state index contributed by atoms with van der Waals surface area (Å²) in [6.07, 6.45) is 1.22. The van der Waals surface area contributed by atoms with Crippen LogP contribution < -0.4 is 10.6 Å². The number of amides is 3. The van der Waals surface area contributed by atoms with Crippen molar-refractivity contribution >= 4 is 50.3 Å². The zero-order valence-corrected chi connectivity index (χ0v) is 12.6. The highest BCUT2D eigenvalue weighted by Crippen LogP contribution is 2.23. The number of aromatic nitrogens is 1. The first-order chi connectivity index (χ1) is 8.70. The van der Waals surface area contributed by atoms with Gasteiger partial charge in [-0.2, -0.15) is 0 Å². The van der Waals surface area contributed by atoms with Crippen molar-refractivity contribution in [2.45, 2.75) is 20.3 Å². The molecule has 3 amide bonds. The SMILES string of the molecule is CC(C)(CC(=O)NC(=O)Nc1ncc(Br)s1)C(=O)O. The van der Waals surface area contributed by atoms with Crippen molar-refractivity contribution in [1.82, 2.24) is 10.3 Å². The van der Waals surface area contributed by atoms with Gasteiger partial charge in [-0.05, 0) is 29.8 Å². The van der Waals surface area contributed by atoms with Gasteiger partial charge in [-0.25, -0.2) is 9.78 Å². The Hall–Kier alpha value is -1.48. The molecule has 0 radical (unpaired) electrons. The summed E-state index contributed by atoms with van der Waals surface area (Å²) in [6.45, 7) is 2.81. The van der Waals surface area contributed by atoms with Crippen LogP contribution in [0.2, 0.25) is 0 Å². The fraction of sp³-hybridized carbons (Fsp3) is 0.400. The van der Waals surface area contributed by atoms with Gasteiger partial charge >= 0.3 is 12.0 Å². The van der Waals surface area contributed by atoms with E-state index < -0.39 is 23.3 Å². The topological polar surface area (TPSA) is 108 Å². The molecule has 0 aliphatic carbocycles. The molecule has 0 aliphatic rings. The van der Waals surface area contributed by atoms with Crippen LogP contribution >= 0.6 is 27.3 Å². The van der Waals surface area contributed by atoms with E-state index in [1.807, 2.05) is 5.32 Å². The van der Waals surface area contributed by atoms with Gasteiger partial charge in [0.25, 0.3) is 0 Å². The van der Waals surface area contributed by atoms with Gasteiger partial charge in [0.2, 0.25) is 5.91 Å². The van der Waals surface area contributed by atoms with Crippen molar-refractivity contribution in [3.8, 4) is 0 Å². The molecule has 0 aliphatic heterocycles. The summed E-state index contributed by atoms with van der Waals surface area (Å²) in [7, 11) is 0. The molecule has 0 atom stereocenters. The van der Waals surface area contributed by atoms with E-state index in [0.717, 1.165) is 3.79 Å². The van der Waals surface area contributed by atoms with Crippen molar-refractivity contribution in [2.24, 2.45) is 5.41 Å². The number of halogens is 1. The van der Waals surface area contributed by atoms with E-state index in [1.165, 1.54) is 31.4 Å². The largest absolute Gasteiger partial charge is 0.481 e. The van der Waals surface area contributed by atoms with E-state index in [2.05, 4.69) is 26.2 Å². The summed E-state index contributed by atoms with van der Waals surface area (Å²) < 4.78 is 0.737. The van der Waals surface area contributed by atoms with Gasteiger partial charge in [0, 0.05) is 6.42 Å². The molecule has 0 aromatic carbocycles. The van der Waals surface area contributed by atoms with Gasteiger partial charge in [-0.15, -0.1) is 0 Å². The molecule has 0 spiro atoms. The van der Waals surface area contributed by atoms with Crippen LogP contribution in [0.4, 0.5) is 9.93 Å². The van der Waals surface area contributed by atoms with Gasteiger partial charge in [-0.3, -0.25) is 20.2 Å². The molecule has 19 heavy (non-hydrogen) atoms. The number of thiazole rings is 1. The third-order valence-corrected chi connectivity index (χ3v) is 3.52. The molecule has 104 valence electrons. The van der Waals surface area contributed by atoms with Crippen LogP contribution in [-0.4, -0.2) is 28.0 Å². The van der Waals surface area contributed by atoms with Crippen LogP contribution in [0.15, 0.2) is 9.98 Å². The Morgan fingerprint density at radius 2 is 2.11 bits per heavy atom. The standard InChI is InChI=1S/C10H12BrN3O4S/c1-10(2,7(16)17)3-6(15)13-8(18)14-9-12-4-5(11)19-9/h4H,3H2,1-2H3,(H,16,17)(H2,12,13,14,15,18). The minimum absolute atomic E-state index is 0.294. The van der Waals surface area contributed by atoms with E-state index in [-0.39, 0.29) is 6.42 Å². The summed E-state index contributed by atoms with van der Waals surface area (Å²) >= 11 is 4.37. The van der Waals surface area contributed by atoms with Gasteiger partial charge in [0.05, 0.1) is 15.4 Å². The molecule has 7 nitrogen and oxygen atoms in total. The van der Waals surface area contributed by atoms with Crippen LogP contribution in [-0.2, 0) is 9.59 Å². The lowest BCUT2D eigenvalue weighted by atomic mass is 9.89. The van der Waals surface area contributed by atoms with Gasteiger partial charge < -0.3 is 5.11 Å². The molecular formula is C10H12BrN3O4S. The summed E-state index contributed by atoms with van der Waals surface area (Å²) in [4.78, 5) is 37.7. The molecule has 0 saturated heterocycles. The second kappa shape index (κ2) is 6.11. The number of anilines is 1. The van der Waals surface area contributed by atoms with E-state index in [4.69, 9.17) is 5.11 Å². The van der Waals surface area contributed by atoms with E-state index in [1.54, 1.807) is 0 Å². The molecule has 1 rings (SSSR count). The zero-order chi connectivity index (χ0) is 14.6. The van der Waals surface area contributed by atoms with E-state index >= 15 is 0 Å². The van der Waals surface area contributed by atoms with Crippen molar-refractivity contribution in [2.75, 3.05) is 5.32 Å².